The molecule has 4 nitrogen and oxygen atoms in total. The van der Waals surface area contributed by atoms with E-state index < -0.39 is 0 Å². The second-order valence-corrected chi connectivity index (χ2v) is 4.24. The highest BCUT2D eigenvalue weighted by molar-refractivity contribution is 5.85. The molecule has 16 heavy (non-hydrogen) atoms. The van der Waals surface area contributed by atoms with Crippen LogP contribution in [0.5, 0.6) is 0 Å². The lowest BCUT2D eigenvalue weighted by Crippen LogP contribution is -2.34. The Kier molecular flexibility index (Phi) is 8.61. The summed E-state index contributed by atoms with van der Waals surface area (Å²) in [7, 11) is 4.04. The molecule has 0 unspecified atom stereocenters. The van der Waals surface area contributed by atoms with Crippen molar-refractivity contribution in [1.29, 1.82) is 0 Å². The molecule has 0 aromatic rings. The van der Waals surface area contributed by atoms with Crippen molar-refractivity contribution in [2.24, 2.45) is 0 Å². The van der Waals surface area contributed by atoms with Crippen LogP contribution in [0.3, 0.4) is 0 Å². The Morgan fingerprint density at radius 1 is 1.25 bits per heavy atom. The van der Waals surface area contributed by atoms with E-state index in [1.807, 2.05) is 11.9 Å². The summed E-state index contributed by atoms with van der Waals surface area (Å²) in [5.74, 6) is 0.320. The van der Waals surface area contributed by atoms with Crippen LogP contribution in [0.2, 0.25) is 0 Å². The number of rotatable bonds is 4. The maximum absolute atomic E-state index is 11.8. The molecule has 0 aromatic heterocycles. The number of hydrogen-bond acceptors (Lipinski definition) is 3. The quantitative estimate of drug-likeness (QED) is 0.741. The molecule has 1 aliphatic heterocycles. The number of carbonyl (C=O) groups is 1. The molecule has 1 aliphatic rings. The highest BCUT2D eigenvalue weighted by Crippen LogP contribution is 2.04. The maximum Gasteiger partial charge on any atom is 0.222 e. The molecule has 0 aliphatic carbocycles. The van der Waals surface area contributed by atoms with Gasteiger partial charge < -0.3 is 15.1 Å². The second kappa shape index (κ2) is 8.79. The molecule has 0 bridgehead atoms. The maximum atomic E-state index is 11.8. The van der Waals surface area contributed by atoms with Gasteiger partial charge in [-0.15, -0.1) is 12.4 Å². The zero-order chi connectivity index (χ0) is 11.1. The van der Waals surface area contributed by atoms with Gasteiger partial charge in [-0.25, -0.2) is 0 Å². The molecule has 0 aromatic carbocycles. The minimum Gasteiger partial charge on any atom is -0.341 e. The Labute approximate surface area is 105 Å². The number of halogens is 1. The van der Waals surface area contributed by atoms with Crippen molar-refractivity contribution in [2.75, 3.05) is 46.8 Å². The first-order chi connectivity index (χ1) is 7.24. The van der Waals surface area contributed by atoms with Crippen molar-refractivity contribution in [3.63, 3.8) is 0 Å². The average Bonchev–Trinajstić information content (AvgIpc) is 2.43. The fourth-order valence-corrected chi connectivity index (χ4v) is 1.87. The Morgan fingerprint density at radius 2 is 2.00 bits per heavy atom. The molecular formula is C11H24ClN3O. The predicted molar refractivity (Wildman–Crippen MR) is 69.1 cm³/mol. The largest absolute Gasteiger partial charge is 0.341 e. The van der Waals surface area contributed by atoms with Gasteiger partial charge in [0.05, 0.1) is 0 Å². The normalized spacial score (nSPS) is 17.8. The number of carbonyl (C=O) groups excluding carboxylic acids is 1. The smallest absolute Gasteiger partial charge is 0.222 e. The van der Waals surface area contributed by atoms with Crippen LogP contribution in [0.25, 0.3) is 0 Å². The summed E-state index contributed by atoms with van der Waals surface area (Å²) in [6, 6.07) is 0. The summed E-state index contributed by atoms with van der Waals surface area (Å²) >= 11 is 0. The van der Waals surface area contributed by atoms with Crippen molar-refractivity contribution in [3.05, 3.63) is 0 Å². The van der Waals surface area contributed by atoms with Crippen LogP contribution in [0, 0.1) is 0 Å². The number of likely N-dealkylation sites (N-methyl/N-ethyl adjacent to an activating group) is 1. The van der Waals surface area contributed by atoms with Crippen molar-refractivity contribution >= 4 is 18.3 Å². The number of hydrogen-bond donors (Lipinski definition) is 1. The van der Waals surface area contributed by atoms with Gasteiger partial charge in [-0.05, 0) is 40.0 Å². The van der Waals surface area contributed by atoms with E-state index in [0.717, 1.165) is 45.6 Å². The van der Waals surface area contributed by atoms with Gasteiger partial charge in [0.2, 0.25) is 5.91 Å². The van der Waals surface area contributed by atoms with Crippen LogP contribution in [0.1, 0.15) is 19.3 Å². The summed E-state index contributed by atoms with van der Waals surface area (Å²) in [5.41, 5.74) is 0. The molecule has 0 spiro atoms. The fourth-order valence-electron chi connectivity index (χ4n) is 1.87. The Hall–Kier alpha value is -0.320. The lowest BCUT2D eigenvalue weighted by Gasteiger charge is -2.20. The monoisotopic (exact) mass is 249 g/mol. The third kappa shape index (κ3) is 5.68. The van der Waals surface area contributed by atoms with Gasteiger partial charge in [0.25, 0.3) is 0 Å². The van der Waals surface area contributed by atoms with E-state index >= 15 is 0 Å². The third-order valence-corrected chi connectivity index (χ3v) is 2.89. The van der Waals surface area contributed by atoms with Crippen LogP contribution in [-0.2, 0) is 4.79 Å². The third-order valence-electron chi connectivity index (χ3n) is 2.89. The first-order valence-electron chi connectivity index (χ1n) is 5.85. The standard InChI is InChI=1S/C11H23N3O.ClH/c1-12-6-3-5-11(15)14-8-4-7-13(2)9-10-14;/h12H,3-10H2,1-2H3;1H. The average molecular weight is 250 g/mol. The number of nitrogens with one attached hydrogen (secondary N) is 1. The van der Waals surface area contributed by atoms with Gasteiger partial charge in [0.1, 0.15) is 0 Å². The molecule has 0 atom stereocenters. The zero-order valence-electron chi connectivity index (χ0n) is 10.4. The Balaban J connectivity index is 0.00000225. The summed E-state index contributed by atoms with van der Waals surface area (Å²) in [6.45, 7) is 4.88. The molecule has 1 amide bonds. The van der Waals surface area contributed by atoms with E-state index in [0.29, 0.717) is 12.3 Å². The van der Waals surface area contributed by atoms with E-state index in [1.54, 1.807) is 0 Å². The van der Waals surface area contributed by atoms with Crippen LogP contribution in [-0.4, -0.2) is 62.5 Å². The van der Waals surface area contributed by atoms with Crippen LogP contribution < -0.4 is 5.32 Å². The Bertz CT molecular complexity index is 202. The van der Waals surface area contributed by atoms with Gasteiger partial charge >= 0.3 is 0 Å². The first kappa shape index (κ1) is 15.7. The minimum absolute atomic E-state index is 0. The summed E-state index contributed by atoms with van der Waals surface area (Å²) in [6.07, 6.45) is 2.74. The fraction of sp³-hybridized carbons (Fsp3) is 0.909. The molecule has 1 N–H and O–H groups in total. The van der Waals surface area contributed by atoms with Gasteiger partial charge in [-0.3, -0.25) is 4.79 Å². The van der Waals surface area contributed by atoms with Gasteiger partial charge in [0, 0.05) is 26.1 Å². The zero-order valence-corrected chi connectivity index (χ0v) is 11.2. The molecule has 0 saturated carbocycles. The SMILES string of the molecule is CNCCCC(=O)N1CCCN(C)CC1.Cl. The number of nitrogens with zero attached hydrogens (tertiary/aromatic N) is 2. The number of amides is 1. The molecular weight excluding hydrogens is 226 g/mol. The van der Waals surface area contributed by atoms with Crippen molar-refractivity contribution in [2.45, 2.75) is 19.3 Å². The van der Waals surface area contributed by atoms with E-state index in [1.165, 1.54) is 0 Å². The van der Waals surface area contributed by atoms with E-state index in [2.05, 4.69) is 17.3 Å². The molecule has 96 valence electrons. The summed E-state index contributed by atoms with van der Waals surface area (Å²) < 4.78 is 0. The molecule has 5 heteroatoms. The predicted octanol–water partition coefficient (Wildman–Crippen LogP) is 0.572. The molecule has 1 fully saturated rings. The van der Waals surface area contributed by atoms with Gasteiger partial charge in [-0.2, -0.15) is 0 Å². The summed E-state index contributed by atoms with van der Waals surface area (Å²) in [4.78, 5) is 16.1. The highest BCUT2D eigenvalue weighted by Gasteiger charge is 2.16. The van der Waals surface area contributed by atoms with Crippen LogP contribution in [0.15, 0.2) is 0 Å². The molecule has 1 rings (SSSR count). The highest BCUT2D eigenvalue weighted by atomic mass is 35.5. The van der Waals surface area contributed by atoms with E-state index in [-0.39, 0.29) is 12.4 Å². The lowest BCUT2D eigenvalue weighted by molar-refractivity contribution is -0.131. The van der Waals surface area contributed by atoms with Gasteiger partial charge in [-0.1, -0.05) is 0 Å². The lowest BCUT2D eigenvalue weighted by atomic mass is 10.2. The molecule has 0 radical (unpaired) electrons. The second-order valence-electron chi connectivity index (χ2n) is 4.24. The molecule has 1 heterocycles. The first-order valence-corrected chi connectivity index (χ1v) is 5.85. The molecule has 1 saturated heterocycles. The summed E-state index contributed by atoms with van der Waals surface area (Å²) in [5, 5.41) is 3.07. The van der Waals surface area contributed by atoms with Crippen LogP contribution in [0.4, 0.5) is 0 Å². The minimum atomic E-state index is 0. The van der Waals surface area contributed by atoms with Crippen molar-refractivity contribution in [1.82, 2.24) is 15.1 Å². The van der Waals surface area contributed by atoms with Crippen LogP contribution >= 0.6 is 12.4 Å². The Morgan fingerprint density at radius 3 is 2.69 bits per heavy atom. The van der Waals surface area contributed by atoms with Crippen molar-refractivity contribution in [3.8, 4) is 0 Å². The van der Waals surface area contributed by atoms with E-state index in [9.17, 15) is 4.79 Å². The van der Waals surface area contributed by atoms with E-state index in [4.69, 9.17) is 0 Å². The van der Waals surface area contributed by atoms with Crippen molar-refractivity contribution < 1.29 is 4.79 Å². The van der Waals surface area contributed by atoms with Gasteiger partial charge in [0.15, 0.2) is 0 Å². The topological polar surface area (TPSA) is 35.6 Å².